The Balaban J connectivity index is 2.26. The van der Waals surface area contributed by atoms with E-state index in [1.807, 2.05) is 41.5 Å². The van der Waals surface area contributed by atoms with Crippen molar-refractivity contribution in [3.63, 3.8) is 0 Å². The number of hydrogen-bond acceptors (Lipinski definition) is 6. The largest absolute Gasteiger partial charge is 0.517 e. The Morgan fingerprint density at radius 3 is 2.44 bits per heavy atom. The SMILES string of the molecule is CC(C)(C)OC(=O)[N@+]1(C(C)(C)C)CCC(OCc2cncs2)C[C@@H]1C(N)=O. The van der Waals surface area contributed by atoms with Crippen molar-refractivity contribution in [3.8, 4) is 0 Å². The van der Waals surface area contributed by atoms with Crippen LogP contribution in [0.15, 0.2) is 11.7 Å². The van der Waals surface area contributed by atoms with Crippen molar-refractivity contribution in [3.05, 3.63) is 16.6 Å². The molecule has 1 unspecified atom stereocenters. The highest BCUT2D eigenvalue weighted by molar-refractivity contribution is 7.09. The predicted octanol–water partition coefficient (Wildman–Crippen LogP) is 3.23. The molecular weight excluding hydrogens is 366 g/mol. The third kappa shape index (κ3) is 4.86. The number of primary amides is 1. The van der Waals surface area contributed by atoms with Gasteiger partial charge in [-0.25, -0.2) is 4.48 Å². The van der Waals surface area contributed by atoms with Gasteiger partial charge in [-0.05, 0) is 41.5 Å². The van der Waals surface area contributed by atoms with Gasteiger partial charge >= 0.3 is 6.09 Å². The topological polar surface area (TPSA) is 91.5 Å². The Morgan fingerprint density at radius 1 is 1.30 bits per heavy atom. The van der Waals surface area contributed by atoms with E-state index < -0.39 is 29.2 Å². The van der Waals surface area contributed by atoms with E-state index in [0.717, 1.165) is 4.88 Å². The number of quaternary nitrogens is 1. The molecule has 1 fully saturated rings. The van der Waals surface area contributed by atoms with Crippen LogP contribution in [0.4, 0.5) is 4.79 Å². The molecule has 0 spiro atoms. The Kier molecular flexibility index (Phi) is 6.33. The molecule has 7 nitrogen and oxygen atoms in total. The summed E-state index contributed by atoms with van der Waals surface area (Å²) in [6.07, 6.45) is 2.28. The molecule has 2 amide bonds. The molecule has 0 saturated carbocycles. The summed E-state index contributed by atoms with van der Waals surface area (Å²) in [4.78, 5) is 30.7. The third-order valence-corrected chi connectivity index (χ3v) is 5.76. The lowest BCUT2D eigenvalue weighted by molar-refractivity contribution is -0.924. The minimum absolute atomic E-state index is 0.111. The molecule has 1 aromatic heterocycles. The number of nitrogens with zero attached hydrogens (tertiary/aromatic N) is 2. The summed E-state index contributed by atoms with van der Waals surface area (Å²) in [5.41, 5.74) is 6.35. The van der Waals surface area contributed by atoms with Gasteiger partial charge in [0.2, 0.25) is 0 Å². The zero-order valence-corrected chi connectivity index (χ0v) is 18.0. The molecule has 0 aromatic carbocycles. The van der Waals surface area contributed by atoms with Gasteiger partial charge < -0.3 is 15.2 Å². The van der Waals surface area contributed by atoms with Crippen LogP contribution in [0.25, 0.3) is 0 Å². The van der Waals surface area contributed by atoms with Crippen molar-refractivity contribution in [1.82, 2.24) is 4.98 Å². The standard InChI is InChI=1S/C19H31N3O4S/c1-18(2,3)22(17(24)26-19(4,5)6)8-7-13(9-15(22)16(20)23)25-11-14-10-21-12-27-14/h10,12-13,15H,7-9,11H2,1-6H3,(H-,20,23)/p+1/t13?,15-,22+/m1/s1. The monoisotopic (exact) mass is 398 g/mol. The maximum atomic E-state index is 13.2. The molecule has 0 aliphatic carbocycles. The van der Waals surface area contributed by atoms with Gasteiger partial charge in [-0.2, -0.15) is 4.79 Å². The smallest absolute Gasteiger partial charge is 0.414 e. The van der Waals surface area contributed by atoms with E-state index in [9.17, 15) is 9.59 Å². The first-order chi connectivity index (χ1) is 12.4. The van der Waals surface area contributed by atoms with E-state index in [4.69, 9.17) is 15.2 Å². The van der Waals surface area contributed by atoms with E-state index in [2.05, 4.69) is 4.98 Å². The van der Waals surface area contributed by atoms with Crippen LogP contribution in [0.2, 0.25) is 0 Å². The lowest BCUT2D eigenvalue weighted by Crippen LogP contribution is -2.74. The molecule has 2 heterocycles. The fraction of sp³-hybridized carbons (Fsp3) is 0.737. The maximum Gasteiger partial charge on any atom is 0.517 e. The van der Waals surface area contributed by atoms with E-state index in [-0.39, 0.29) is 10.6 Å². The molecular formula is C19H32N3O4S+. The molecule has 152 valence electrons. The molecule has 27 heavy (non-hydrogen) atoms. The van der Waals surface area contributed by atoms with Crippen molar-refractivity contribution in [2.75, 3.05) is 6.54 Å². The van der Waals surface area contributed by atoms with Crippen LogP contribution < -0.4 is 5.73 Å². The highest BCUT2D eigenvalue weighted by Gasteiger charge is 2.60. The van der Waals surface area contributed by atoms with Crippen LogP contribution in [0, 0.1) is 0 Å². The number of rotatable bonds is 4. The number of carbonyl (C=O) groups excluding carboxylic acids is 2. The molecule has 0 radical (unpaired) electrons. The summed E-state index contributed by atoms with van der Waals surface area (Å²) in [5.74, 6) is -0.498. The first-order valence-electron chi connectivity index (χ1n) is 9.26. The molecule has 2 rings (SSSR count). The number of ether oxygens (including phenoxy) is 2. The number of thiazole rings is 1. The lowest BCUT2D eigenvalue weighted by Gasteiger charge is -2.52. The Morgan fingerprint density at radius 2 is 1.96 bits per heavy atom. The van der Waals surface area contributed by atoms with Gasteiger partial charge in [0.05, 0.1) is 29.6 Å². The van der Waals surface area contributed by atoms with Gasteiger partial charge in [-0.15, -0.1) is 11.3 Å². The molecule has 1 aromatic rings. The first kappa shape index (κ1) is 21.8. The van der Waals surface area contributed by atoms with Gasteiger partial charge in [0.15, 0.2) is 6.04 Å². The maximum absolute atomic E-state index is 13.2. The predicted molar refractivity (Wildman–Crippen MR) is 104 cm³/mol. The van der Waals surface area contributed by atoms with Gasteiger partial charge in [0, 0.05) is 19.0 Å². The number of hydrogen-bond donors (Lipinski definition) is 1. The minimum Gasteiger partial charge on any atom is -0.414 e. The third-order valence-electron chi connectivity index (χ3n) is 5.01. The molecule has 0 bridgehead atoms. The number of nitrogens with two attached hydrogens (primary N) is 1. The fourth-order valence-corrected chi connectivity index (χ4v) is 4.20. The summed E-state index contributed by atoms with van der Waals surface area (Å²) in [6, 6.07) is -0.694. The fourth-order valence-electron chi connectivity index (χ4n) is 3.69. The second-order valence-corrected chi connectivity index (χ2v) is 10.1. The summed E-state index contributed by atoms with van der Waals surface area (Å²) in [7, 11) is 0. The molecule has 1 aliphatic heterocycles. The highest BCUT2D eigenvalue weighted by atomic mass is 32.1. The van der Waals surface area contributed by atoms with E-state index in [1.54, 1.807) is 11.7 Å². The average molecular weight is 399 g/mol. The zero-order chi connectivity index (χ0) is 20.5. The van der Waals surface area contributed by atoms with Gasteiger partial charge in [0.1, 0.15) is 11.1 Å². The second kappa shape index (κ2) is 7.85. The Hall–Kier alpha value is -1.51. The van der Waals surface area contributed by atoms with E-state index in [1.165, 1.54) is 11.3 Å². The van der Waals surface area contributed by atoms with Gasteiger partial charge in [-0.3, -0.25) is 9.78 Å². The summed E-state index contributed by atoms with van der Waals surface area (Å²) >= 11 is 1.53. The summed E-state index contributed by atoms with van der Waals surface area (Å²) < 4.78 is 11.6. The normalized spacial score (nSPS) is 26.6. The van der Waals surface area contributed by atoms with E-state index >= 15 is 0 Å². The van der Waals surface area contributed by atoms with Crippen LogP contribution >= 0.6 is 11.3 Å². The van der Waals surface area contributed by atoms with Crippen LogP contribution in [0.3, 0.4) is 0 Å². The number of piperidine rings is 1. The van der Waals surface area contributed by atoms with Crippen LogP contribution in [0.1, 0.15) is 59.3 Å². The molecule has 1 aliphatic rings. The van der Waals surface area contributed by atoms with Gasteiger partial charge in [-0.1, -0.05) is 0 Å². The molecule has 1 saturated heterocycles. The second-order valence-electron chi connectivity index (χ2n) is 9.09. The van der Waals surface area contributed by atoms with Crippen molar-refractivity contribution in [2.45, 2.75) is 84.3 Å². The first-order valence-corrected chi connectivity index (χ1v) is 10.1. The number of aromatic nitrogens is 1. The van der Waals surface area contributed by atoms with Crippen molar-refractivity contribution >= 4 is 23.3 Å². The van der Waals surface area contributed by atoms with Crippen molar-refractivity contribution in [1.29, 1.82) is 0 Å². The number of likely N-dealkylation sites (tertiary alicyclic amines) is 1. The molecule has 2 N–H and O–H groups in total. The quantitative estimate of drug-likeness (QED) is 0.786. The van der Waals surface area contributed by atoms with Gasteiger partial charge in [0.25, 0.3) is 5.91 Å². The van der Waals surface area contributed by atoms with Crippen LogP contribution in [0.5, 0.6) is 0 Å². The average Bonchev–Trinajstić information content (AvgIpc) is 3.03. The molecule has 8 heteroatoms. The zero-order valence-electron chi connectivity index (χ0n) is 17.2. The van der Waals surface area contributed by atoms with E-state index in [0.29, 0.717) is 26.0 Å². The minimum atomic E-state index is -0.694. The Labute approximate surface area is 165 Å². The van der Waals surface area contributed by atoms with Crippen LogP contribution in [-0.4, -0.2) is 51.3 Å². The number of carbonyl (C=O) groups is 2. The highest BCUT2D eigenvalue weighted by Crippen LogP contribution is 2.38. The summed E-state index contributed by atoms with van der Waals surface area (Å²) in [5, 5.41) is 0. The van der Waals surface area contributed by atoms with Crippen LogP contribution in [-0.2, 0) is 20.9 Å². The van der Waals surface area contributed by atoms with Crippen molar-refractivity contribution < 1.29 is 23.5 Å². The summed E-state index contributed by atoms with van der Waals surface area (Å²) in [6.45, 7) is 12.2. The molecule has 3 atom stereocenters. The number of amides is 2. The van der Waals surface area contributed by atoms with Crippen molar-refractivity contribution in [2.24, 2.45) is 5.73 Å². The Bertz CT molecular complexity index is 663. The lowest BCUT2D eigenvalue weighted by atomic mass is 9.88.